The molecule has 22 heavy (non-hydrogen) atoms. The predicted octanol–water partition coefficient (Wildman–Crippen LogP) is 1.61. The molecule has 122 valence electrons. The summed E-state index contributed by atoms with van der Waals surface area (Å²) in [5, 5.41) is 23.9. The van der Waals surface area contributed by atoms with Crippen molar-refractivity contribution in [1.82, 2.24) is 15.5 Å². The van der Waals surface area contributed by atoms with Crippen LogP contribution in [0.2, 0.25) is 0 Å². The standard InChI is InChI=1S/C13H20N4O3S2/c1-2-9(10(18)19)21-13-17-16-12(22-13)15-11(20)14-8-6-4-3-5-7-8/h8-9H,2-7H2,1H3,(H,18,19)(H2,14,15,16,20)/p-1/t9-/m1/s1. The molecule has 1 fully saturated rings. The number of nitrogens with one attached hydrogen (secondary N) is 2. The number of rotatable bonds is 6. The third-order valence-electron chi connectivity index (χ3n) is 3.44. The van der Waals surface area contributed by atoms with Crippen LogP contribution in [0.5, 0.6) is 0 Å². The van der Waals surface area contributed by atoms with Crippen molar-refractivity contribution in [2.24, 2.45) is 0 Å². The molecule has 0 radical (unpaired) electrons. The van der Waals surface area contributed by atoms with E-state index in [4.69, 9.17) is 0 Å². The SMILES string of the molecule is CC[C@@H](Sc1nnc(NC(=O)NC2CCCCC2)s1)C(=O)[O-]. The van der Waals surface area contributed by atoms with Crippen LogP contribution in [0.1, 0.15) is 45.4 Å². The molecular formula is C13H19N4O3S2-. The number of hydrogen-bond donors (Lipinski definition) is 2. The number of nitrogens with zero attached hydrogens (tertiary/aromatic N) is 2. The minimum absolute atomic E-state index is 0.220. The van der Waals surface area contributed by atoms with Crippen LogP contribution in [0.4, 0.5) is 9.93 Å². The van der Waals surface area contributed by atoms with Crippen LogP contribution < -0.4 is 15.7 Å². The van der Waals surface area contributed by atoms with E-state index in [0.717, 1.165) is 48.8 Å². The Balaban J connectivity index is 1.83. The Morgan fingerprint density at radius 2 is 2.09 bits per heavy atom. The van der Waals surface area contributed by atoms with E-state index >= 15 is 0 Å². The number of carboxylic acid groups (broad SMARTS) is 1. The molecule has 2 amide bonds. The van der Waals surface area contributed by atoms with Gasteiger partial charge in [0.1, 0.15) is 0 Å². The van der Waals surface area contributed by atoms with Crippen molar-refractivity contribution in [2.45, 2.75) is 61.1 Å². The molecule has 7 nitrogen and oxygen atoms in total. The van der Waals surface area contributed by atoms with Crippen LogP contribution in [0.15, 0.2) is 4.34 Å². The van der Waals surface area contributed by atoms with Gasteiger partial charge in [-0.3, -0.25) is 5.32 Å². The summed E-state index contributed by atoms with van der Waals surface area (Å²) in [6, 6.07) is -0.0652. The number of carboxylic acids is 1. The number of amides is 2. The summed E-state index contributed by atoms with van der Waals surface area (Å²) in [6.07, 6.45) is 5.98. The van der Waals surface area contributed by atoms with E-state index < -0.39 is 11.2 Å². The van der Waals surface area contributed by atoms with Gasteiger partial charge in [-0.1, -0.05) is 49.3 Å². The summed E-state index contributed by atoms with van der Waals surface area (Å²) in [5.41, 5.74) is 0. The van der Waals surface area contributed by atoms with Crippen molar-refractivity contribution < 1.29 is 14.7 Å². The molecule has 0 aliphatic heterocycles. The first-order chi connectivity index (χ1) is 10.6. The number of aliphatic carboxylic acids is 1. The van der Waals surface area contributed by atoms with Crippen molar-refractivity contribution in [3.05, 3.63) is 0 Å². The maximum atomic E-state index is 11.9. The first kappa shape index (κ1) is 17.0. The Bertz CT molecular complexity index is 517. The van der Waals surface area contributed by atoms with Crippen molar-refractivity contribution in [3.63, 3.8) is 0 Å². The van der Waals surface area contributed by atoms with Gasteiger partial charge in [-0.2, -0.15) is 0 Å². The topological polar surface area (TPSA) is 107 Å². The molecule has 9 heteroatoms. The summed E-state index contributed by atoms with van der Waals surface area (Å²) < 4.78 is 0.504. The summed E-state index contributed by atoms with van der Waals surface area (Å²) in [6.45, 7) is 1.77. The molecule has 0 bridgehead atoms. The zero-order valence-corrected chi connectivity index (χ0v) is 14.0. The lowest BCUT2D eigenvalue weighted by Crippen LogP contribution is -2.38. The summed E-state index contributed by atoms with van der Waals surface area (Å²) in [5.74, 6) is -1.12. The molecule has 0 aromatic carbocycles. The predicted molar refractivity (Wildman–Crippen MR) is 83.9 cm³/mol. The molecule has 1 aliphatic rings. The van der Waals surface area contributed by atoms with E-state index in [1.54, 1.807) is 6.92 Å². The van der Waals surface area contributed by atoms with Crippen LogP contribution in [0, 0.1) is 0 Å². The molecule has 1 aromatic rings. The fraction of sp³-hybridized carbons (Fsp3) is 0.692. The largest absolute Gasteiger partial charge is 0.549 e. The van der Waals surface area contributed by atoms with Crippen molar-refractivity contribution in [2.75, 3.05) is 5.32 Å². The first-order valence-corrected chi connectivity index (χ1v) is 9.06. The molecule has 1 aliphatic carbocycles. The number of thioether (sulfide) groups is 1. The maximum absolute atomic E-state index is 11.9. The van der Waals surface area contributed by atoms with Crippen molar-refractivity contribution in [3.8, 4) is 0 Å². The average Bonchev–Trinajstić information content (AvgIpc) is 2.92. The van der Waals surface area contributed by atoms with Gasteiger partial charge in [0.15, 0.2) is 4.34 Å². The molecule has 1 aromatic heterocycles. The van der Waals surface area contributed by atoms with Gasteiger partial charge in [0, 0.05) is 6.04 Å². The van der Waals surface area contributed by atoms with Crippen LogP contribution in [0.25, 0.3) is 0 Å². The average molecular weight is 343 g/mol. The Labute approximate surface area is 137 Å². The van der Waals surface area contributed by atoms with E-state index in [2.05, 4.69) is 20.8 Å². The van der Waals surface area contributed by atoms with Gasteiger partial charge in [0.2, 0.25) is 5.13 Å². The van der Waals surface area contributed by atoms with Gasteiger partial charge in [-0.05, 0) is 19.3 Å². The van der Waals surface area contributed by atoms with E-state index in [-0.39, 0.29) is 12.1 Å². The third kappa shape index (κ3) is 5.13. The van der Waals surface area contributed by atoms with Crippen LogP contribution in [-0.4, -0.2) is 33.5 Å². The molecule has 1 atom stereocenters. The molecular weight excluding hydrogens is 324 g/mol. The highest BCUT2D eigenvalue weighted by molar-refractivity contribution is 8.02. The highest BCUT2D eigenvalue weighted by Crippen LogP contribution is 2.30. The van der Waals surface area contributed by atoms with Crippen LogP contribution in [0.3, 0.4) is 0 Å². The molecule has 0 saturated heterocycles. The summed E-state index contributed by atoms with van der Waals surface area (Å²) >= 11 is 2.25. The molecule has 2 rings (SSSR count). The lowest BCUT2D eigenvalue weighted by molar-refractivity contribution is -0.304. The number of carbonyl (C=O) groups is 2. The van der Waals surface area contributed by atoms with Gasteiger partial charge in [0.05, 0.1) is 11.2 Å². The maximum Gasteiger partial charge on any atom is 0.321 e. The summed E-state index contributed by atoms with van der Waals surface area (Å²) in [4.78, 5) is 22.8. The smallest absolute Gasteiger partial charge is 0.321 e. The normalized spacial score (nSPS) is 17.0. The number of carbonyl (C=O) groups excluding carboxylic acids is 2. The first-order valence-electron chi connectivity index (χ1n) is 7.37. The Morgan fingerprint density at radius 1 is 1.36 bits per heavy atom. The molecule has 0 unspecified atom stereocenters. The molecule has 1 heterocycles. The van der Waals surface area contributed by atoms with E-state index in [1.165, 1.54) is 6.42 Å². The fourth-order valence-electron chi connectivity index (χ4n) is 2.29. The van der Waals surface area contributed by atoms with Crippen molar-refractivity contribution in [1.29, 1.82) is 0 Å². The van der Waals surface area contributed by atoms with E-state index in [1.807, 2.05) is 0 Å². The number of anilines is 1. The highest BCUT2D eigenvalue weighted by atomic mass is 32.2. The van der Waals surface area contributed by atoms with Crippen molar-refractivity contribution >= 4 is 40.2 Å². The highest BCUT2D eigenvalue weighted by Gasteiger charge is 2.17. The van der Waals surface area contributed by atoms with Crippen LogP contribution in [-0.2, 0) is 4.79 Å². The third-order valence-corrected chi connectivity index (χ3v) is 5.71. The lowest BCUT2D eigenvalue weighted by Gasteiger charge is -2.22. The Hall–Kier alpha value is -1.35. The Kier molecular flexibility index (Phi) is 6.44. The summed E-state index contributed by atoms with van der Waals surface area (Å²) in [7, 11) is 0. The second-order valence-corrected chi connectivity index (χ2v) is 7.57. The number of urea groups is 1. The second-order valence-electron chi connectivity index (χ2n) is 5.14. The zero-order valence-electron chi connectivity index (χ0n) is 12.3. The molecule has 2 N–H and O–H groups in total. The molecule has 1 saturated carbocycles. The van der Waals surface area contributed by atoms with Gasteiger partial charge >= 0.3 is 6.03 Å². The number of hydrogen-bond acceptors (Lipinski definition) is 7. The molecule has 0 spiro atoms. The fourth-order valence-corrected chi connectivity index (χ4v) is 4.14. The van der Waals surface area contributed by atoms with Gasteiger partial charge in [0.25, 0.3) is 0 Å². The van der Waals surface area contributed by atoms with Gasteiger partial charge < -0.3 is 15.2 Å². The minimum atomic E-state index is -1.12. The monoisotopic (exact) mass is 343 g/mol. The van der Waals surface area contributed by atoms with Gasteiger partial charge in [-0.25, -0.2) is 4.79 Å². The van der Waals surface area contributed by atoms with Crippen LogP contribution >= 0.6 is 23.1 Å². The second kappa shape index (κ2) is 8.33. The van der Waals surface area contributed by atoms with E-state index in [0.29, 0.717) is 15.9 Å². The quantitative estimate of drug-likeness (QED) is 0.600. The van der Waals surface area contributed by atoms with Gasteiger partial charge in [-0.15, -0.1) is 10.2 Å². The lowest BCUT2D eigenvalue weighted by atomic mass is 9.96. The zero-order chi connectivity index (χ0) is 15.9. The Morgan fingerprint density at radius 3 is 2.73 bits per heavy atom. The number of aromatic nitrogens is 2. The minimum Gasteiger partial charge on any atom is -0.549 e. The van der Waals surface area contributed by atoms with E-state index in [9.17, 15) is 14.7 Å².